The van der Waals surface area contributed by atoms with Gasteiger partial charge in [0, 0.05) is 33.1 Å². The van der Waals surface area contributed by atoms with Gasteiger partial charge < -0.3 is 10.2 Å². The molecular formula is C17H23FN6. The second kappa shape index (κ2) is 6.59. The van der Waals surface area contributed by atoms with Crippen molar-refractivity contribution < 1.29 is 4.39 Å². The molecule has 7 heteroatoms. The molecule has 24 heavy (non-hydrogen) atoms. The summed E-state index contributed by atoms with van der Waals surface area (Å²) >= 11 is 0. The van der Waals surface area contributed by atoms with Crippen molar-refractivity contribution >= 4 is 5.96 Å². The molecule has 1 aromatic heterocycles. The Hall–Kier alpha value is -2.44. The fourth-order valence-corrected chi connectivity index (χ4v) is 2.97. The van der Waals surface area contributed by atoms with Gasteiger partial charge in [-0.05, 0) is 24.5 Å². The van der Waals surface area contributed by atoms with Crippen LogP contribution >= 0.6 is 0 Å². The minimum Gasteiger partial charge on any atom is -0.355 e. The van der Waals surface area contributed by atoms with E-state index in [9.17, 15) is 4.39 Å². The van der Waals surface area contributed by atoms with Crippen LogP contribution in [-0.4, -0.2) is 46.3 Å². The molecule has 0 bridgehead atoms. The van der Waals surface area contributed by atoms with Gasteiger partial charge in [0.2, 0.25) is 0 Å². The first kappa shape index (κ1) is 16.4. The predicted molar refractivity (Wildman–Crippen MR) is 91.1 cm³/mol. The largest absolute Gasteiger partial charge is 0.355 e. The molecule has 1 N–H and O–H groups in total. The summed E-state index contributed by atoms with van der Waals surface area (Å²) in [5.74, 6) is 1.50. The smallest absolute Gasteiger partial charge is 0.193 e. The average Bonchev–Trinajstić information content (AvgIpc) is 3.25. The standard InChI is InChI=1S/C17H23FN6/c1-19-16(23(2)10-15-21-12-22-24(15)3)20-11-17(8-9-17)13-6-4-5-7-14(13)18/h4-7,12H,8-11H2,1-3H3,(H,19,20). The molecule has 6 nitrogen and oxygen atoms in total. The Kier molecular flexibility index (Phi) is 4.51. The van der Waals surface area contributed by atoms with Gasteiger partial charge in [-0.3, -0.25) is 9.67 Å². The molecule has 0 saturated heterocycles. The molecule has 0 amide bonds. The lowest BCUT2D eigenvalue weighted by Crippen LogP contribution is -2.42. The fraction of sp³-hybridized carbons (Fsp3) is 0.471. The topological polar surface area (TPSA) is 58.3 Å². The maximum Gasteiger partial charge on any atom is 0.193 e. The number of nitrogens with one attached hydrogen (secondary N) is 1. The Morgan fingerprint density at radius 3 is 2.75 bits per heavy atom. The van der Waals surface area contributed by atoms with E-state index in [1.54, 1.807) is 17.8 Å². The van der Waals surface area contributed by atoms with Crippen LogP contribution in [-0.2, 0) is 19.0 Å². The highest BCUT2D eigenvalue weighted by Gasteiger charge is 2.45. The molecule has 128 valence electrons. The number of halogens is 1. The third-order valence-electron chi connectivity index (χ3n) is 4.64. The Morgan fingerprint density at radius 2 is 2.17 bits per heavy atom. The van der Waals surface area contributed by atoms with Crippen molar-refractivity contribution in [2.75, 3.05) is 20.6 Å². The minimum absolute atomic E-state index is 0.118. The summed E-state index contributed by atoms with van der Waals surface area (Å²) in [6.07, 6.45) is 3.52. The maximum absolute atomic E-state index is 14.1. The molecule has 0 aliphatic heterocycles. The second-order valence-corrected chi connectivity index (χ2v) is 6.32. The highest BCUT2D eigenvalue weighted by molar-refractivity contribution is 5.79. The summed E-state index contributed by atoms with van der Waals surface area (Å²) in [6.45, 7) is 1.27. The van der Waals surface area contributed by atoms with E-state index in [0.29, 0.717) is 13.1 Å². The zero-order chi connectivity index (χ0) is 17.2. The molecule has 2 aromatic rings. The van der Waals surface area contributed by atoms with Crippen LogP contribution in [0.15, 0.2) is 35.6 Å². The third-order valence-corrected chi connectivity index (χ3v) is 4.64. The quantitative estimate of drug-likeness (QED) is 0.670. The Morgan fingerprint density at radius 1 is 1.42 bits per heavy atom. The molecule has 0 unspecified atom stereocenters. The molecule has 1 saturated carbocycles. The van der Waals surface area contributed by atoms with E-state index in [4.69, 9.17) is 0 Å². The SMILES string of the molecule is CN=C(NCC1(c2ccccc2F)CC1)N(C)Cc1ncnn1C. The minimum atomic E-state index is -0.126. The number of aromatic nitrogens is 3. The van der Waals surface area contributed by atoms with Gasteiger partial charge >= 0.3 is 0 Å². The normalized spacial score (nSPS) is 16.1. The lowest BCUT2D eigenvalue weighted by atomic mass is 9.95. The van der Waals surface area contributed by atoms with Crippen molar-refractivity contribution in [1.82, 2.24) is 25.0 Å². The summed E-state index contributed by atoms with van der Waals surface area (Å²) < 4.78 is 15.8. The van der Waals surface area contributed by atoms with E-state index in [1.807, 2.05) is 31.1 Å². The van der Waals surface area contributed by atoms with Gasteiger partial charge in [0.1, 0.15) is 18.0 Å². The molecular weight excluding hydrogens is 307 g/mol. The van der Waals surface area contributed by atoms with Crippen LogP contribution in [0.4, 0.5) is 4.39 Å². The van der Waals surface area contributed by atoms with Crippen molar-refractivity contribution in [1.29, 1.82) is 0 Å². The molecule has 1 fully saturated rings. The molecule has 1 aromatic carbocycles. The van der Waals surface area contributed by atoms with Crippen LogP contribution < -0.4 is 5.32 Å². The molecule has 0 spiro atoms. The maximum atomic E-state index is 14.1. The highest BCUT2D eigenvalue weighted by Crippen LogP contribution is 2.48. The zero-order valence-electron chi connectivity index (χ0n) is 14.3. The Balaban J connectivity index is 1.64. The summed E-state index contributed by atoms with van der Waals surface area (Å²) in [4.78, 5) is 10.5. The Labute approximate surface area is 141 Å². The van der Waals surface area contributed by atoms with Crippen molar-refractivity contribution in [2.24, 2.45) is 12.0 Å². The van der Waals surface area contributed by atoms with Crippen LogP contribution in [0.2, 0.25) is 0 Å². The second-order valence-electron chi connectivity index (χ2n) is 6.32. The van der Waals surface area contributed by atoms with Gasteiger partial charge in [0.15, 0.2) is 5.96 Å². The predicted octanol–water partition coefficient (Wildman–Crippen LogP) is 1.69. The summed E-state index contributed by atoms with van der Waals surface area (Å²) in [6, 6.07) is 7.05. The number of hydrogen-bond donors (Lipinski definition) is 1. The monoisotopic (exact) mass is 330 g/mol. The van der Waals surface area contributed by atoms with E-state index >= 15 is 0 Å². The number of benzene rings is 1. The third kappa shape index (κ3) is 3.25. The first-order valence-corrected chi connectivity index (χ1v) is 8.05. The van der Waals surface area contributed by atoms with E-state index in [-0.39, 0.29) is 11.2 Å². The number of rotatable bonds is 5. The van der Waals surface area contributed by atoms with E-state index < -0.39 is 0 Å². The van der Waals surface area contributed by atoms with Gasteiger partial charge in [-0.2, -0.15) is 5.10 Å². The van der Waals surface area contributed by atoms with Gasteiger partial charge in [0.25, 0.3) is 0 Å². The first-order valence-electron chi connectivity index (χ1n) is 8.05. The van der Waals surface area contributed by atoms with Gasteiger partial charge in [-0.1, -0.05) is 18.2 Å². The van der Waals surface area contributed by atoms with Crippen LogP contribution in [0.25, 0.3) is 0 Å². The average molecular weight is 330 g/mol. The van der Waals surface area contributed by atoms with Crippen LogP contribution in [0.3, 0.4) is 0 Å². The van der Waals surface area contributed by atoms with E-state index in [2.05, 4.69) is 20.4 Å². The van der Waals surface area contributed by atoms with Gasteiger partial charge in [-0.15, -0.1) is 0 Å². The van der Waals surface area contributed by atoms with Gasteiger partial charge in [0.05, 0.1) is 6.54 Å². The summed E-state index contributed by atoms with van der Waals surface area (Å²) in [7, 11) is 5.56. The first-order chi connectivity index (χ1) is 11.6. The number of guanidine groups is 1. The number of aliphatic imine (C=N–C) groups is 1. The molecule has 0 radical (unpaired) electrons. The van der Waals surface area contributed by atoms with Crippen molar-refractivity contribution in [3.8, 4) is 0 Å². The zero-order valence-corrected chi connectivity index (χ0v) is 14.3. The van der Waals surface area contributed by atoms with Crippen LogP contribution in [0.5, 0.6) is 0 Å². The van der Waals surface area contributed by atoms with Gasteiger partial charge in [-0.25, -0.2) is 9.37 Å². The number of hydrogen-bond acceptors (Lipinski definition) is 3. The number of nitrogens with zero attached hydrogens (tertiary/aromatic N) is 5. The fourth-order valence-electron chi connectivity index (χ4n) is 2.97. The molecule has 0 atom stereocenters. The highest BCUT2D eigenvalue weighted by atomic mass is 19.1. The van der Waals surface area contributed by atoms with Crippen molar-refractivity contribution in [3.05, 3.63) is 47.8 Å². The summed E-state index contributed by atoms with van der Waals surface area (Å²) in [5, 5.41) is 7.46. The molecule has 1 aliphatic carbocycles. The van der Waals surface area contributed by atoms with Crippen LogP contribution in [0.1, 0.15) is 24.2 Å². The van der Waals surface area contributed by atoms with E-state index in [1.165, 1.54) is 12.4 Å². The van der Waals surface area contributed by atoms with Crippen LogP contribution in [0, 0.1) is 5.82 Å². The lowest BCUT2D eigenvalue weighted by Gasteiger charge is -2.24. The molecule has 1 heterocycles. The Bertz CT molecular complexity index is 734. The van der Waals surface area contributed by atoms with Crippen molar-refractivity contribution in [3.63, 3.8) is 0 Å². The van der Waals surface area contributed by atoms with Crippen molar-refractivity contribution in [2.45, 2.75) is 24.8 Å². The molecule has 3 rings (SSSR count). The number of aryl methyl sites for hydroxylation is 1. The van der Waals surface area contributed by atoms with E-state index in [0.717, 1.165) is 30.2 Å². The lowest BCUT2D eigenvalue weighted by molar-refractivity contribution is 0.442. The summed E-state index contributed by atoms with van der Waals surface area (Å²) in [5.41, 5.74) is 0.677. The molecule has 1 aliphatic rings.